The van der Waals surface area contributed by atoms with Crippen LogP contribution in [0.1, 0.15) is 12.0 Å². The number of thioether (sulfide) groups is 1. The Labute approximate surface area is 99.2 Å². The molecule has 0 aromatic heterocycles. The van der Waals surface area contributed by atoms with E-state index < -0.39 is 0 Å². The van der Waals surface area contributed by atoms with E-state index in [1.165, 1.54) is 6.07 Å². The monoisotopic (exact) mass is 247 g/mol. The largest absolute Gasteiger partial charge is 0.327 e. The third-order valence-corrected chi connectivity index (χ3v) is 3.06. The lowest BCUT2D eigenvalue weighted by atomic mass is 10.0. The molecule has 0 radical (unpaired) electrons. The van der Waals surface area contributed by atoms with Crippen molar-refractivity contribution in [3.63, 3.8) is 0 Å². The van der Waals surface area contributed by atoms with Crippen molar-refractivity contribution in [2.24, 2.45) is 5.73 Å². The summed E-state index contributed by atoms with van der Waals surface area (Å²) in [7, 11) is 0. The van der Waals surface area contributed by atoms with Gasteiger partial charge in [0.25, 0.3) is 0 Å². The zero-order valence-electron chi connectivity index (χ0n) is 8.67. The molecule has 4 heteroatoms. The summed E-state index contributed by atoms with van der Waals surface area (Å²) in [5.74, 6) is 0.780. The first-order chi connectivity index (χ1) is 7.13. The molecule has 0 bridgehead atoms. The van der Waals surface area contributed by atoms with Crippen molar-refractivity contribution >= 4 is 23.4 Å². The zero-order valence-corrected chi connectivity index (χ0v) is 10.2. The highest BCUT2D eigenvalue weighted by atomic mass is 35.5. The van der Waals surface area contributed by atoms with Gasteiger partial charge in [-0.05, 0) is 48.6 Å². The third-order valence-electron chi connectivity index (χ3n) is 2.18. The Kier molecular flexibility index (Phi) is 5.43. The molecule has 0 spiro atoms. The number of hydrogen-bond acceptors (Lipinski definition) is 2. The van der Waals surface area contributed by atoms with Crippen molar-refractivity contribution in [2.45, 2.75) is 18.9 Å². The van der Waals surface area contributed by atoms with Crippen LogP contribution in [0, 0.1) is 5.82 Å². The van der Waals surface area contributed by atoms with Gasteiger partial charge in [-0.3, -0.25) is 0 Å². The molecule has 1 aromatic rings. The Balaban J connectivity index is 2.59. The molecule has 1 unspecified atom stereocenters. The molecule has 1 atom stereocenters. The average Bonchev–Trinajstić information content (AvgIpc) is 2.20. The highest BCUT2D eigenvalue weighted by Gasteiger charge is 2.08. The van der Waals surface area contributed by atoms with Gasteiger partial charge in [-0.25, -0.2) is 4.39 Å². The first-order valence-corrected chi connectivity index (χ1v) is 6.59. The van der Waals surface area contributed by atoms with Crippen LogP contribution in [0.5, 0.6) is 0 Å². The Morgan fingerprint density at radius 1 is 1.53 bits per heavy atom. The number of hydrogen-bond donors (Lipinski definition) is 1. The van der Waals surface area contributed by atoms with E-state index in [-0.39, 0.29) is 11.9 Å². The maximum Gasteiger partial charge on any atom is 0.126 e. The van der Waals surface area contributed by atoms with Crippen molar-refractivity contribution < 1.29 is 4.39 Å². The van der Waals surface area contributed by atoms with Crippen LogP contribution in [-0.2, 0) is 6.42 Å². The van der Waals surface area contributed by atoms with E-state index in [1.54, 1.807) is 23.9 Å². The lowest BCUT2D eigenvalue weighted by molar-refractivity contribution is 0.580. The molecule has 1 rings (SSSR count). The van der Waals surface area contributed by atoms with Crippen LogP contribution >= 0.6 is 23.4 Å². The SMILES string of the molecule is CSCCC(N)Cc1cc(Cl)ccc1F. The zero-order chi connectivity index (χ0) is 11.3. The van der Waals surface area contributed by atoms with E-state index in [0.29, 0.717) is 17.0 Å². The molecule has 0 fully saturated rings. The van der Waals surface area contributed by atoms with Gasteiger partial charge in [0.05, 0.1) is 0 Å². The fourth-order valence-corrected chi connectivity index (χ4v) is 2.09. The summed E-state index contributed by atoms with van der Waals surface area (Å²) in [5.41, 5.74) is 6.50. The highest BCUT2D eigenvalue weighted by molar-refractivity contribution is 7.98. The number of rotatable bonds is 5. The summed E-state index contributed by atoms with van der Waals surface area (Å²) >= 11 is 7.54. The van der Waals surface area contributed by atoms with Gasteiger partial charge < -0.3 is 5.73 Å². The normalized spacial score (nSPS) is 12.8. The Hall–Kier alpha value is -0.250. The minimum atomic E-state index is -0.223. The minimum absolute atomic E-state index is 0.00502. The van der Waals surface area contributed by atoms with Crippen molar-refractivity contribution in [1.82, 2.24) is 0 Å². The molecule has 0 saturated heterocycles. The molecule has 84 valence electrons. The highest BCUT2D eigenvalue weighted by Crippen LogP contribution is 2.17. The fraction of sp³-hybridized carbons (Fsp3) is 0.455. The van der Waals surface area contributed by atoms with Gasteiger partial charge in [-0.15, -0.1) is 0 Å². The standard InChI is InChI=1S/C11H15ClFNS/c1-15-5-4-10(14)7-8-6-9(12)2-3-11(8)13/h2-3,6,10H,4-5,7,14H2,1H3. The number of halogens is 2. The van der Waals surface area contributed by atoms with Gasteiger partial charge in [0.2, 0.25) is 0 Å². The van der Waals surface area contributed by atoms with E-state index in [9.17, 15) is 4.39 Å². The molecule has 0 saturated carbocycles. The van der Waals surface area contributed by atoms with Crippen molar-refractivity contribution in [3.05, 3.63) is 34.6 Å². The second kappa shape index (κ2) is 6.36. The fourth-order valence-electron chi connectivity index (χ4n) is 1.35. The van der Waals surface area contributed by atoms with Crippen LogP contribution in [0.4, 0.5) is 4.39 Å². The molecule has 0 amide bonds. The molecule has 2 N–H and O–H groups in total. The second-order valence-electron chi connectivity index (χ2n) is 3.48. The van der Waals surface area contributed by atoms with Crippen LogP contribution in [0.2, 0.25) is 5.02 Å². The predicted molar refractivity (Wildman–Crippen MR) is 66.1 cm³/mol. The molecule has 0 heterocycles. The molecule has 0 aliphatic heterocycles. The van der Waals surface area contributed by atoms with Crippen molar-refractivity contribution in [2.75, 3.05) is 12.0 Å². The molecule has 0 aliphatic rings. The van der Waals surface area contributed by atoms with Crippen molar-refractivity contribution in [1.29, 1.82) is 0 Å². The van der Waals surface area contributed by atoms with Gasteiger partial charge in [-0.2, -0.15) is 11.8 Å². The average molecular weight is 248 g/mol. The first kappa shape index (κ1) is 12.8. The molecule has 15 heavy (non-hydrogen) atoms. The van der Waals surface area contributed by atoms with E-state index >= 15 is 0 Å². The lowest BCUT2D eigenvalue weighted by Gasteiger charge is -2.11. The summed E-state index contributed by atoms with van der Waals surface area (Å²) in [5, 5.41) is 0.559. The van der Waals surface area contributed by atoms with Gasteiger partial charge in [0.1, 0.15) is 5.82 Å². The molecular weight excluding hydrogens is 233 g/mol. The van der Waals surface area contributed by atoms with E-state index in [0.717, 1.165) is 12.2 Å². The predicted octanol–water partition coefficient (Wildman–Crippen LogP) is 3.10. The summed E-state index contributed by atoms with van der Waals surface area (Å²) in [6.07, 6.45) is 3.48. The van der Waals surface area contributed by atoms with Crippen LogP contribution in [0.25, 0.3) is 0 Å². The van der Waals surface area contributed by atoms with E-state index in [1.807, 2.05) is 6.26 Å². The van der Waals surface area contributed by atoms with Crippen LogP contribution < -0.4 is 5.73 Å². The third kappa shape index (κ3) is 4.41. The van der Waals surface area contributed by atoms with Crippen LogP contribution in [0.3, 0.4) is 0 Å². The quantitative estimate of drug-likeness (QED) is 0.865. The maximum absolute atomic E-state index is 13.3. The number of benzene rings is 1. The van der Waals surface area contributed by atoms with Gasteiger partial charge >= 0.3 is 0 Å². The minimum Gasteiger partial charge on any atom is -0.327 e. The van der Waals surface area contributed by atoms with Crippen LogP contribution in [-0.4, -0.2) is 18.1 Å². The second-order valence-corrected chi connectivity index (χ2v) is 4.90. The van der Waals surface area contributed by atoms with E-state index in [4.69, 9.17) is 17.3 Å². The summed E-state index contributed by atoms with van der Waals surface area (Å²) in [6.45, 7) is 0. The Morgan fingerprint density at radius 3 is 2.93 bits per heavy atom. The Morgan fingerprint density at radius 2 is 2.27 bits per heavy atom. The van der Waals surface area contributed by atoms with E-state index in [2.05, 4.69) is 0 Å². The first-order valence-electron chi connectivity index (χ1n) is 4.82. The smallest absolute Gasteiger partial charge is 0.126 e. The lowest BCUT2D eigenvalue weighted by Crippen LogP contribution is -2.24. The molecule has 1 nitrogen and oxygen atoms in total. The van der Waals surface area contributed by atoms with Crippen molar-refractivity contribution in [3.8, 4) is 0 Å². The molecular formula is C11H15ClFNS. The van der Waals surface area contributed by atoms with Gasteiger partial charge in [-0.1, -0.05) is 11.6 Å². The Bertz CT molecular complexity index is 319. The van der Waals surface area contributed by atoms with Gasteiger partial charge in [0.15, 0.2) is 0 Å². The maximum atomic E-state index is 13.3. The summed E-state index contributed by atoms with van der Waals surface area (Å²) in [6, 6.07) is 4.59. The molecule has 0 aliphatic carbocycles. The number of nitrogens with two attached hydrogens (primary N) is 1. The molecule has 1 aromatic carbocycles. The summed E-state index contributed by atoms with van der Waals surface area (Å²) in [4.78, 5) is 0. The van der Waals surface area contributed by atoms with Gasteiger partial charge in [0, 0.05) is 11.1 Å². The topological polar surface area (TPSA) is 26.0 Å². The summed E-state index contributed by atoms with van der Waals surface area (Å²) < 4.78 is 13.3. The van der Waals surface area contributed by atoms with Crippen LogP contribution in [0.15, 0.2) is 18.2 Å².